The van der Waals surface area contributed by atoms with Crippen molar-refractivity contribution >= 4 is 38.9 Å². The quantitative estimate of drug-likeness (QED) is 0.210. The van der Waals surface area contributed by atoms with Crippen LogP contribution in [0.5, 0.6) is 0 Å². The number of nitrogens with one attached hydrogen (secondary N) is 1. The van der Waals surface area contributed by atoms with Crippen LogP contribution in [0.4, 0.5) is 11.4 Å². The molecule has 10 rings (SSSR count). The first-order valence-corrected chi connectivity index (χ1v) is 16.6. The van der Waals surface area contributed by atoms with E-state index in [1.54, 1.807) is 0 Å². The third kappa shape index (κ3) is 3.67. The van der Waals surface area contributed by atoms with Gasteiger partial charge in [0.2, 0.25) is 0 Å². The monoisotopic (exact) mass is 613 g/mol. The van der Waals surface area contributed by atoms with Crippen LogP contribution in [-0.4, -0.2) is 10.3 Å². The van der Waals surface area contributed by atoms with Gasteiger partial charge < -0.3 is 9.88 Å². The Morgan fingerprint density at radius 1 is 0.521 bits per heavy atom. The van der Waals surface area contributed by atoms with Crippen LogP contribution in [0.1, 0.15) is 34.0 Å². The molecule has 0 saturated heterocycles. The number of rotatable bonds is 4. The summed E-state index contributed by atoms with van der Waals surface area (Å²) in [4.78, 5) is 5.31. The summed E-state index contributed by atoms with van der Waals surface area (Å²) in [5.74, 6) is 0. The lowest BCUT2D eigenvalue weighted by molar-refractivity contribution is 0.756. The van der Waals surface area contributed by atoms with E-state index < -0.39 is 5.41 Å². The Morgan fingerprint density at radius 3 is 1.92 bits per heavy atom. The van der Waals surface area contributed by atoms with Gasteiger partial charge in [0.25, 0.3) is 0 Å². The van der Waals surface area contributed by atoms with Gasteiger partial charge in [0.05, 0.1) is 33.5 Å². The topological polar surface area (TPSA) is 29.3 Å². The minimum absolute atomic E-state index is 0.215. The summed E-state index contributed by atoms with van der Waals surface area (Å²) in [5.41, 5.74) is 13.8. The zero-order valence-corrected chi connectivity index (χ0v) is 26.2. The van der Waals surface area contributed by atoms with Crippen molar-refractivity contribution < 1.29 is 0 Å². The molecule has 0 spiro atoms. The van der Waals surface area contributed by atoms with Crippen molar-refractivity contribution in [1.29, 1.82) is 0 Å². The van der Waals surface area contributed by atoms with Gasteiger partial charge in [-0.15, -0.1) is 0 Å². The second-order valence-electron chi connectivity index (χ2n) is 12.7. The fourth-order valence-electron chi connectivity index (χ4n) is 8.42. The minimum atomic E-state index is -0.454. The Balaban J connectivity index is 1.32. The summed E-state index contributed by atoms with van der Waals surface area (Å²) in [6.07, 6.45) is -0.215. The van der Waals surface area contributed by atoms with E-state index in [0.717, 1.165) is 22.6 Å². The van der Waals surface area contributed by atoms with E-state index in [9.17, 15) is 0 Å². The number of benzene rings is 7. The second kappa shape index (κ2) is 10.4. The largest absolute Gasteiger partial charge is 0.358 e. The lowest BCUT2D eigenvalue weighted by Gasteiger charge is -2.34. The van der Waals surface area contributed by atoms with Crippen LogP contribution in [-0.2, 0) is 5.41 Å². The third-order valence-electron chi connectivity index (χ3n) is 10.3. The Kier molecular flexibility index (Phi) is 5.85. The first-order valence-electron chi connectivity index (χ1n) is 16.6. The number of para-hydroxylation sites is 3. The van der Waals surface area contributed by atoms with Crippen molar-refractivity contribution in [2.45, 2.75) is 11.6 Å². The molecule has 0 fully saturated rings. The first-order chi connectivity index (χ1) is 23.8. The fraction of sp³-hybridized carbons (Fsp3) is 0.0444. The molecule has 8 aromatic rings. The highest BCUT2D eigenvalue weighted by atomic mass is 15.2. The van der Waals surface area contributed by atoms with Gasteiger partial charge in [0, 0.05) is 16.3 Å². The zero-order chi connectivity index (χ0) is 31.7. The molecular weight excluding hydrogens is 583 g/mol. The van der Waals surface area contributed by atoms with E-state index in [0.29, 0.717) is 0 Å². The normalized spacial score (nSPS) is 15.8. The fourth-order valence-corrected chi connectivity index (χ4v) is 8.42. The van der Waals surface area contributed by atoms with E-state index in [4.69, 9.17) is 4.99 Å². The van der Waals surface area contributed by atoms with Gasteiger partial charge in [-0.05, 0) is 57.6 Å². The summed E-state index contributed by atoms with van der Waals surface area (Å²) in [6.45, 7) is 0. The molecule has 48 heavy (non-hydrogen) atoms. The van der Waals surface area contributed by atoms with Crippen molar-refractivity contribution in [1.82, 2.24) is 4.57 Å². The van der Waals surface area contributed by atoms with Crippen LogP contribution < -0.4 is 5.32 Å². The van der Waals surface area contributed by atoms with Crippen molar-refractivity contribution in [3.05, 3.63) is 204 Å². The number of aromatic nitrogens is 1. The number of fused-ring (bicyclic) bond motifs is 8. The van der Waals surface area contributed by atoms with Crippen molar-refractivity contribution in [2.24, 2.45) is 4.99 Å². The predicted molar refractivity (Wildman–Crippen MR) is 198 cm³/mol. The van der Waals surface area contributed by atoms with Crippen molar-refractivity contribution in [3.8, 4) is 11.1 Å². The minimum Gasteiger partial charge on any atom is -0.358 e. The van der Waals surface area contributed by atoms with E-state index in [1.165, 1.54) is 55.2 Å². The van der Waals surface area contributed by atoms with E-state index in [-0.39, 0.29) is 6.17 Å². The van der Waals surface area contributed by atoms with Crippen LogP contribution >= 0.6 is 0 Å². The maximum absolute atomic E-state index is 5.31. The molecule has 0 radical (unpaired) electrons. The molecule has 1 aromatic heterocycles. The van der Waals surface area contributed by atoms with Gasteiger partial charge in [0.15, 0.2) is 0 Å². The molecular formula is C45H31N3. The van der Waals surface area contributed by atoms with Crippen LogP contribution in [0.25, 0.3) is 32.9 Å². The van der Waals surface area contributed by atoms with Gasteiger partial charge in [-0.1, -0.05) is 152 Å². The summed E-state index contributed by atoms with van der Waals surface area (Å²) in [7, 11) is 0. The average molecular weight is 614 g/mol. The standard InChI is InChI=1S/C45H31N3/c1-4-16-30(17-5-1)43-44(47-38-26-14-13-25-37(38)46-43)48-39-27-15-11-23-34(39)42-40(48)29-28-36-41(42)33-22-10-12-24-35(33)45(36,31-18-6-2-7-19-31)32-20-8-3-9-21-32/h1-29,44,47H. The SMILES string of the molecule is c1ccc(C2=Nc3ccccc3NC2n2c3ccccc3c3c4c(ccc32)C(c2ccccc2)(c2ccccc2)c2ccccc2-4)cc1. The first kappa shape index (κ1) is 27.0. The lowest BCUT2D eigenvalue weighted by Crippen LogP contribution is -2.30. The molecule has 1 N–H and O–H groups in total. The molecule has 0 saturated carbocycles. The maximum atomic E-state index is 5.31. The highest BCUT2D eigenvalue weighted by Gasteiger charge is 2.47. The number of hydrogen-bond donors (Lipinski definition) is 1. The van der Waals surface area contributed by atoms with E-state index in [2.05, 4.69) is 186 Å². The molecule has 3 nitrogen and oxygen atoms in total. The smallest absolute Gasteiger partial charge is 0.148 e. The van der Waals surface area contributed by atoms with Gasteiger partial charge in [-0.2, -0.15) is 0 Å². The van der Waals surface area contributed by atoms with Gasteiger partial charge in [0.1, 0.15) is 6.17 Å². The molecule has 1 unspecified atom stereocenters. The molecule has 2 aliphatic rings. The number of anilines is 1. The van der Waals surface area contributed by atoms with Crippen LogP contribution in [0.2, 0.25) is 0 Å². The Bertz CT molecular complexity index is 2490. The van der Waals surface area contributed by atoms with E-state index >= 15 is 0 Å². The number of hydrogen-bond acceptors (Lipinski definition) is 2. The molecule has 1 atom stereocenters. The maximum Gasteiger partial charge on any atom is 0.148 e. The molecule has 7 aromatic carbocycles. The summed E-state index contributed by atoms with van der Waals surface area (Å²) in [6, 6.07) is 63.6. The Labute approximate surface area is 279 Å². The molecule has 1 aliphatic carbocycles. The van der Waals surface area contributed by atoms with Gasteiger partial charge in [-0.3, -0.25) is 0 Å². The lowest BCUT2D eigenvalue weighted by atomic mass is 9.67. The zero-order valence-electron chi connectivity index (χ0n) is 26.2. The van der Waals surface area contributed by atoms with Crippen LogP contribution in [0.15, 0.2) is 181 Å². The molecule has 0 amide bonds. The molecule has 3 heteroatoms. The highest BCUT2D eigenvalue weighted by Crippen LogP contribution is 2.59. The van der Waals surface area contributed by atoms with Gasteiger partial charge >= 0.3 is 0 Å². The molecule has 2 heterocycles. The van der Waals surface area contributed by atoms with Crippen LogP contribution in [0.3, 0.4) is 0 Å². The number of aliphatic imine (C=N–C) groups is 1. The summed E-state index contributed by atoms with van der Waals surface area (Å²) < 4.78 is 2.47. The van der Waals surface area contributed by atoms with Crippen molar-refractivity contribution in [2.75, 3.05) is 5.32 Å². The average Bonchev–Trinajstić information content (AvgIpc) is 3.66. The predicted octanol–water partition coefficient (Wildman–Crippen LogP) is 10.9. The highest BCUT2D eigenvalue weighted by molar-refractivity contribution is 6.19. The second-order valence-corrected chi connectivity index (χ2v) is 12.7. The Morgan fingerprint density at radius 2 is 1.15 bits per heavy atom. The summed E-state index contributed by atoms with van der Waals surface area (Å²) in [5, 5.41) is 6.43. The molecule has 1 aliphatic heterocycles. The van der Waals surface area contributed by atoms with Crippen molar-refractivity contribution in [3.63, 3.8) is 0 Å². The van der Waals surface area contributed by atoms with Gasteiger partial charge in [-0.25, -0.2) is 4.99 Å². The molecule has 0 bridgehead atoms. The summed E-state index contributed by atoms with van der Waals surface area (Å²) >= 11 is 0. The third-order valence-corrected chi connectivity index (χ3v) is 10.3. The van der Waals surface area contributed by atoms with Crippen LogP contribution in [0, 0.1) is 0 Å². The Hall–Kier alpha value is -6.19. The number of nitrogens with zero attached hydrogens (tertiary/aromatic N) is 2. The molecule has 226 valence electrons. The van der Waals surface area contributed by atoms with E-state index in [1.807, 2.05) is 0 Å².